The van der Waals surface area contributed by atoms with Crippen molar-refractivity contribution < 1.29 is 24.2 Å². The molecule has 2 aromatic rings. The highest BCUT2D eigenvalue weighted by Crippen LogP contribution is 2.29. The van der Waals surface area contributed by atoms with Gasteiger partial charge in [-0.1, -0.05) is 6.07 Å². The number of hydrogen-bond donors (Lipinski definition) is 2. The lowest BCUT2D eigenvalue weighted by molar-refractivity contribution is -0.126. The van der Waals surface area contributed by atoms with Gasteiger partial charge >= 0.3 is 0 Å². The molecule has 2 amide bonds. The number of rotatable bonds is 7. The van der Waals surface area contributed by atoms with Crippen LogP contribution in [0.15, 0.2) is 35.7 Å². The lowest BCUT2D eigenvalue weighted by Crippen LogP contribution is -2.45. The zero-order chi connectivity index (χ0) is 20.8. The van der Waals surface area contributed by atoms with E-state index in [4.69, 9.17) is 9.47 Å². The zero-order valence-electron chi connectivity index (χ0n) is 16.6. The second-order valence-electron chi connectivity index (χ2n) is 6.94. The van der Waals surface area contributed by atoms with Crippen LogP contribution in [-0.2, 0) is 4.79 Å². The summed E-state index contributed by atoms with van der Waals surface area (Å²) in [5, 5.41) is 15.2. The number of carbonyl (C=O) groups excluding carboxylic acids is 2. The highest BCUT2D eigenvalue weighted by Gasteiger charge is 2.29. The van der Waals surface area contributed by atoms with E-state index in [9.17, 15) is 14.7 Å². The van der Waals surface area contributed by atoms with Crippen LogP contribution in [0.5, 0.6) is 11.5 Å². The van der Waals surface area contributed by atoms with Crippen molar-refractivity contribution in [2.45, 2.75) is 18.9 Å². The van der Waals surface area contributed by atoms with Crippen molar-refractivity contribution in [1.29, 1.82) is 0 Å². The molecule has 1 aliphatic rings. The number of likely N-dealkylation sites (tertiary alicyclic amines) is 1. The molecule has 0 saturated carbocycles. The third-order valence-electron chi connectivity index (χ3n) is 5.08. The number of hydrogen-bond acceptors (Lipinski definition) is 6. The Hall–Kier alpha value is -2.58. The molecule has 2 atom stereocenters. The smallest absolute Gasteiger partial charge is 0.263 e. The fraction of sp³-hybridized carbons (Fsp3) is 0.429. The second-order valence-corrected chi connectivity index (χ2v) is 7.88. The molecule has 0 spiro atoms. The molecule has 29 heavy (non-hydrogen) atoms. The number of carbonyl (C=O) groups is 2. The van der Waals surface area contributed by atoms with Crippen molar-refractivity contribution in [1.82, 2.24) is 10.2 Å². The van der Waals surface area contributed by atoms with Gasteiger partial charge in [-0.05, 0) is 42.5 Å². The minimum absolute atomic E-state index is 0.0290. The van der Waals surface area contributed by atoms with Gasteiger partial charge in [0.1, 0.15) is 11.5 Å². The molecule has 1 fully saturated rings. The third-order valence-corrected chi connectivity index (χ3v) is 5.93. The van der Waals surface area contributed by atoms with Gasteiger partial charge in [0.2, 0.25) is 5.91 Å². The average molecular weight is 419 g/mol. The minimum Gasteiger partial charge on any atom is -0.497 e. The SMILES string of the molecule is COc1ccc(OC)c(C(O)CNC(=O)C2CCCN(C(=O)c3cccs3)C2)c1. The van der Waals surface area contributed by atoms with Crippen LogP contribution in [0.3, 0.4) is 0 Å². The Bertz CT molecular complexity index is 840. The molecule has 0 aliphatic carbocycles. The Morgan fingerprint density at radius 1 is 1.31 bits per heavy atom. The molecule has 2 unspecified atom stereocenters. The van der Waals surface area contributed by atoms with Gasteiger partial charge in [0.05, 0.1) is 31.1 Å². The summed E-state index contributed by atoms with van der Waals surface area (Å²) in [6, 6.07) is 8.80. The molecule has 1 saturated heterocycles. The molecular weight excluding hydrogens is 392 g/mol. The van der Waals surface area contributed by atoms with Crippen LogP contribution in [0.4, 0.5) is 0 Å². The van der Waals surface area contributed by atoms with Gasteiger partial charge in [0, 0.05) is 25.2 Å². The van der Waals surface area contributed by atoms with Crippen LogP contribution >= 0.6 is 11.3 Å². The van der Waals surface area contributed by atoms with E-state index in [0.717, 1.165) is 12.8 Å². The van der Waals surface area contributed by atoms with Crippen LogP contribution in [0.2, 0.25) is 0 Å². The molecule has 3 rings (SSSR count). The van der Waals surface area contributed by atoms with E-state index in [0.29, 0.717) is 35.0 Å². The quantitative estimate of drug-likeness (QED) is 0.721. The van der Waals surface area contributed by atoms with E-state index < -0.39 is 6.10 Å². The summed E-state index contributed by atoms with van der Waals surface area (Å²) in [6.07, 6.45) is 0.566. The van der Waals surface area contributed by atoms with Gasteiger partial charge in [-0.3, -0.25) is 9.59 Å². The monoisotopic (exact) mass is 418 g/mol. The van der Waals surface area contributed by atoms with Crippen molar-refractivity contribution in [3.63, 3.8) is 0 Å². The van der Waals surface area contributed by atoms with E-state index in [1.165, 1.54) is 18.4 Å². The normalized spacial score (nSPS) is 17.5. The Balaban J connectivity index is 1.58. The van der Waals surface area contributed by atoms with E-state index in [-0.39, 0.29) is 24.3 Å². The number of nitrogens with one attached hydrogen (secondary N) is 1. The van der Waals surface area contributed by atoms with Gasteiger partial charge in [0.25, 0.3) is 5.91 Å². The van der Waals surface area contributed by atoms with E-state index in [1.54, 1.807) is 36.3 Å². The number of aliphatic hydroxyl groups excluding tert-OH is 1. The van der Waals surface area contributed by atoms with E-state index in [2.05, 4.69) is 5.32 Å². The second kappa shape index (κ2) is 9.76. The molecular formula is C21H26N2O5S. The Kier molecular flexibility index (Phi) is 7.11. The van der Waals surface area contributed by atoms with Gasteiger partial charge in [0.15, 0.2) is 0 Å². The molecule has 1 aromatic carbocycles. The number of aliphatic hydroxyl groups is 1. The first-order valence-corrected chi connectivity index (χ1v) is 10.4. The number of ether oxygens (including phenoxy) is 2. The number of methoxy groups -OCH3 is 2. The molecule has 0 radical (unpaired) electrons. The summed E-state index contributed by atoms with van der Waals surface area (Å²) in [5.41, 5.74) is 0.547. The van der Waals surface area contributed by atoms with Crippen molar-refractivity contribution in [3.05, 3.63) is 46.2 Å². The predicted molar refractivity (Wildman–Crippen MR) is 110 cm³/mol. The summed E-state index contributed by atoms with van der Waals surface area (Å²) in [5.74, 6) is 0.652. The molecule has 0 bridgehead atoms. The number of piperidine rings is 1. The zero-order valence-corrected chi connectivity index (χ0v) is 17.4. The van der Waals surface area contributed by atoms with Gasteiger partial charge in [-0.25, -0.2) is 0 Å². The lowest BCUT2D eigenvalue weighted by Gasteiger charge is -2.32. The van der Waals surface area contributed by atoms with Crippen molar-refractivity contribution >= 4 is 23.2 Å². The lowest BCUT2D eigenvalue weighted by atomic mass is 9.96. The third kappa shape index (κ3) is 5.07. The molecule has 8 heteroatoms. The number of benzene rings is 1. The standard InChI is InChI=1S/C21H26N2O5S/c1-27-15-7-8-18(28-2)16(11-15)17(24)12-22-20(25)14-5-3-9-23(13-14)21(26)19-6-4-10-29-19/h4,6-8,10-11,14,17,24H,3,5,9,12-13H2,1-2H3,(H,22,25). The van der Waals surface area contributed by atoms with Gasteiger partial charge < -0.3 is 24.8 Å². The van der Waals surface area contributed by atoms with Crippen LogP contribution in [-0.4, -0.2) is 55.7 Å². The molecule has 2 heterocycles. The van der Waals surface area contributed by atoms with Crippen molar-refractivity contribution in [2.24, 2.45) is 5.92 Å². The molecule has 156 valence electrons. The topological polar surface area (TPSA) is 88.1 Å². The predicted octanol–water partition coefficient (Wildman–Crippen LogP) is 2.47. The summed E-state index contributed by atoms with van der Waals surface area (Å²) in [4.78, 5) is 27.6. The molecule has 2 N–H and O–H groups in total. The highest BCUT2D eigenvalue weighted by molar-refractivity contribution is 7.12. The Morgan fingerprint density at radius 3 is 2.83 bits per heavy atom. The maximum Gasteiger partial charge on any atom is 0.263 e. The minimum atomic E-state index is -0.934. The van der Waals surface area contributed by atoms with E-state index >= 15 is 0 Å². The first-order valence-electron chi connectivity index (χ1n) is 9.54. The maximum atomic E-state index is 12.7. The Labute approximate surface area is 174 Å². The summed E-state index contributed by atoms with van der Waals surface area (Å²) < 4.78 is 10.5. The summed E-state index contributed by atoms with van der Waals surface area (Å²) in [7, 11) is 3.07. The van der Waals surface area contributed by atoms with Crippen molar-refractivity contribution in [2.75, 3.05) is 33.9 Å². The van der Waals surface area contributed by atoms with Crippen LogP contribution in [0.25, 0.3) is 0 Å². The van der Waals surface area contributed by atoms with Crippen LogP contribution in [0.1, 0.15) is 34.2 Å². The number of nitrogens with zero attached hydrogens (tertiary/aromatic N) is 1. The summed E-state index contributed by atoms with van der Waals surface area (Å²) in [6.45, 7) is 1.10. The molecule has 1 aromatic heterocycles. The molecule has 7 nitrogen and oxygen atoms in total. The maximum absolute atomic E-state index is 12.7. The van der Waals surface area contributed by atoms with Gasteiger partial charge in [-0.15, -0.1) is 11.3 Å². The van der Waals surface area contributed by atoms with E-state index in [1.807, 2.05) is 11.4 Å². The van der Waals surface area contributed by atoms with Gasteiger partial charge in [-0.2, -0.15) is 0 Å². The number of thiophene rings is 1. The van der Waals surface area contributed by atoms with Crippen LogP contribution < -0.4 is 14.8 Å². The number of amides is 2. The first kappa shape index (κ1) is 21.1. The molecule has 1 aliphatic heterocycles. The largest absolute Gasteiger partial charge is 0.497 e. The summed E-state index contributed by atoms with van der Waals surface area (Å²) >= 11 is 1.41. The first-order chi connectivity index (χ1) is 14.0. The van der Waals surface area contributed by atoms with Crippen LogP contribution in [0, 0.1) is 5.92 Å². The fourth-order valence-electron chi connectivity index (χ4n) is 3.48. The average Bonchev–Trinajstić information content (AvgIpc) is 3.31. The van der Waals surface area contributed by atoms with Crippen molar-refractivity contribution in [3.8, 4) is 11.5 Å². The highest BCUT2D eigenvalue weighted by atomic mass is 32.1. The Morgan fingerprint density at radius 2 is 2.14 bits per heavy atom. The fourth-order valence-corrected chi connectivity index (χ4v) is 4.17.